The van der Waals surface area contributed by atoms with Gasteiger partial charge in [0.1, 0.15) is 0 Å². The Hall–Kier alpha value is -0.600. The van der Waals surface area contributed by atoms with Gasteiger partial charge in [0.2, 0.25) is 0 Å². The Morgan fingerprint density at radius 2 is 1.92 bits per heavy atom. The van der Waals surface area contributed by atoms with Crippen LogP contribution in [0.3, 0.4) is 0 Å². The predicted octanol–water partition coefficient (Wildman–Crippen LogP) is 1.71. The molecule has 0 saturated heterocycles. The molecule has 2 N–H and O–H groups in total. The summed E-state index contributed by atoms with van der Waals surface area (Å²) in [6.45, 7) is 12.4. The van der Waals surface area contributed by atoms with E-state index in [0.717, 1.165) is 26.1 Å². The summed E-state index contributed by atoms with van der Waals surface area (Å²) in [4.78, 5) is 0. The van der Waals surface area contributed by atoms with Crippen LogP contribution in [0.4, 0.5) is 0 Å². The molecule has 0 aliphatic rings. The van der Waals surface area contributed by atoms with E-state index in [4.69, 9.17) is 0 Å². The van der Waals surface area contributed by atoms with Crippen LogP contribution in [0.5, 0.6) is 0 Å². The van der Waals surface area contributed by atoms with Crippen molar-refractivity contribution in [3.8, 4) is 0 Å². The van der Waals surface area contributed by atoms with E-state index in [2.05, 4.69) is 30.7 Å². The molecule has 0 aromatic carbocycles. The van der Waals surface area contributed by atoms with Gasteiger partial charge in [-0.3, -0.25) is 0 Å². The van der Waals surface area contributed by atoms with E-state index in [1.165, 1.54) is 6.42 Å². The summed E-state index contributed by atoms with van der Waals surface area (Å²) in [6.07, 6.45) is 6.12. The molecule has 1 atom stereocenters. The second-order valence-corrected chi connectivity index (χ2v) is 3.08. The molecule has 13 heavy (non-hydrogen) atoms. The molecule has 0 amide bonds. The molecule has 0 radical (unpaired) electrons. The summed E-state index contributed by atoms with van der Waals surface area (Å²) in [7, 11) is 0. The van der Waals surface area contributed by atoms with Crippen LogP contribution in [0, 0.1) is 0 Å². The fraction of sp³-hybridized carbons (Fsp3) is 0.636. The predicted molar refractivity (Wildman–Crippen MR) is 60.0 cm³/mol. The quantitative estimate of drug-likeness (QED) is 0.419. The molecule has 0 aromatic heterocycles. The molecule has 0 fully saturated rings. The van der Waals surface area contributed by atoms with Crippen molar-refractivity contribution in [1.29, 1.82) is 0 Å². The van der Waals surface area contributed by atoms with Gasteiger partial charge in [-0.15, -0.1) is 13.2 Å². The lowest BCUT2D eigenvalue weighted by atomic mass is 10.1. The van der Waals surface area contributed by atoms with E-state index in [0.29, 0.717) is 6.04 Å². The lowest BCUT2D eigenvalue weighted by Crippen LogP contribution is -2.32. The zero-order chi connectivity index (χ0) is 9.94. The van der Waals surface area contributed by atoms with Gasteiger partial charge in [0.15, 0.2) is 0 Å². The number of hydrogen-bond acceptors (Lipinski definition) is 2. The minimum atomic E-state index is 0.607. The van der Waals surface area contributed by atoms with Crippen molar-refractivity contribution in [2.75, 3.05) is 19.6 Å². The topological polar surface area (TPSA) is 24.1 Å². The zero-order valence-corrected chi connectivity index (χ0v) is 8.68. The van der Waals surface area contributed by atoms with Crippen LogP contribution in [-0.2, 0) is 0 Å². The minimum Gasteiger partial charge on any atom is -0.313 e. The molecule has 0 aromatic rings. The van der Waals surface area contributed by atoms with Gasteiger partial charge < -0.3 is 10.6 Å². The molecule has 0 aliphatic heterocycles. The van der Waals surface area contributed by atoms with Crippen LogP contribution < -0.4 is 10.6 Å². The number of hydrogen-bond donors (Lipinski definition) is 2. The van der Waals surface area contributed by atoms with Crippen LogP contribution in [0.25, 0.3) is 0 Å². The van der Waals surface area contributed by atoms with Crippen molar-refractivity contribution in [2.24, 2.45) is 0 Å². The van der Waals surface area contributed by atoms with Gasteiger partial charge in [-0.05, 0) is 19.4 Å². The van der Waals surface area contributed by atoms with Crippen molar-refractivity contribution in [1.82, 2.24) is 10.6 Å². The van der Waals surface area contributed by atoms with Crippen LogP contribution in [0.15, 0.2) is 25.3 Å². The summed E-state index contributed by atoms with van der Waals surface area (Å²) < 4.78 is 0. The van der Waals surface area contributed by atoms with Crippen molar-refractivity contribution < 1.29 is 0 Å². The highest BCUT2D eigenvalue weighted by molar-refractivity contribution is 4.76. The third-order valence-corrected chi connectivity index (χ3v) is 2.00. The lowest BCUT2D eigenvalue weighted by molar-refractivity contribution is 0.477. The van der Waals surface area contributed by atoms with Gasteiger partial charge in [0.25, 0.3) is 0 Å². The van der Waals surface area contributed by atoms with Gasteiger partial charge in [-0.25, -0.2) is 0 Å². The fourth-order valence-corrected chi connectivity index (χ4v) is 1.18. The van der Waals surface area contributed by atoms with Crippen LogP contribution in [-0.4, -0.2) is 25.7 Å². The first-order chi connectivity index (χ1) is 6.35. The first-order valence-electron chi connectivity index (χ1n) is 5.01. The highest BCUT2D eigenvalue weighted by atomic mass is 14.9. The molecule has 2 heteroatoms. The normalized spacial score (nSPS) is 12.4. The summed E-state index contributed by atoms with van der Waals surface area (Å²) in [5.74, 6) is 0. The maximum Gasteiger partial charge on any atom is 0.0134 e. The second-order valence-electron chi connectivity index (χ2n) is 3.08. The Morgan fingerprint density at radius 3 is 2.46 bits per heavy atom. The molecule has 0 aliphatic carbocycles. The largest absolute Gasteiger partial charge is 0.313 e. The zero-order valence-electron chi connectivity index (χ0n) is 8.68. The van der Waals surface area contributed by atoms with Gasteiger partial charge in [0, 0.05) is 19.1 Å². The van der Waals surface area contributed by atoms with Crippen LogP contribution in [0.1, 0.15) is 19.8 Å². The van der Waals surface area contributed by atoms with Gasteiger partial charge in [-0.2, -0.15) is 0 Å². The molecule has 76 valence electrons. The molecule has 0 heterocycles. The first kappa shape index (κ1) is 12.4. The minimum absolute atomic E-state index is 0.607. The summed E-state index contributed by atoms with van der Waals surface area (Å²) in [5.41, 5.74) is 0. The Kier molecular flexibility index (Phi) is 9.05. The highest BCUT2D eigenvalue weighted by Gasteiger charge is 2.02. The lowest BCUT2D eigenvalue weighted by Gasteiger charge is -2.15. The fourth-order valence-electron chi connectivity index (χ4n) is 1.18. The monoisotopic (exact) mass is 182 g/mol. The van der Waals surface area contributed by atoms with E-state index >= 15 is 0 Å². The van der Waals surface area contributed by atoms with E-state index in [9.17, 15) is 0 Å². The summed E-state index contributed by atoms with van der Waals surface area (Å²) in [6, 6.07) is 0.607. The third-order valence-electron chi connectivity index (χ3n) is 2.00. The molecular weight excluding hydrogens is 160 g/mol. The van der Waals surface area contributed by atoms with E-state index in [1.807, 2.05) is 12.2 Å². The van der Waals surface area contributed by atoms with Gasteiger partial charge in [-0.1, -0.05) is 19.1 Å². The van der Waals surface area contributed by atoms with Crippen LogP contribution in [0.2, 0.25) is 0 Å². The molecule has 1 unspecified atom stereocenters. The molecular formula is C11H22N2. The maximum atomic E-state index is 3.69. The Bertz CT molecular complexity index is 132. The SMILES string of the molecule is C=CCNCCC(CC)NCC=C. The first-order valence-corrected chi connectivity index (χ1v) is 5.01. The highest BCUT2D eigenvalue weighted by Crippen LogP contribution is 1.95. The second kappa shape index (κ2) is 9.49. The van der Waals surface area contributed by atoms with Crippen molar-refractivity contribution in [2.45, 2.75) is 25.8 Å². The summed E-state index contributed by atoms with van der Waals surface area (Å²) in [5, 5.41) is 6.70. The molecule has 0 bridgehead atoms. The molecule has 0 spiro atoms. The van der Waals surface area contributed by atoms with Gasteiger partial charge in [0.05, 0.1) is 0 Å². The van der Waals surface area contributed by atoms with Gasteiger partial charge >= 0.3 is 0 Å². The molecule has 0 saturated carbocycles. The number of rotatable bonds is 9. The third kappa shape index (κ3) is 7.75. The van der Waals surface area contributed by atoms with Crippen molar-refractivity contribution >= 4 is 0 Å². The molecule has 2 nitrogen and oxygen atoms in total. The van der Waals surface area contributed by atoms with E-state index in [-0.39, 0.29) is 0 Å². The van der Waals surface area contributed by atoms with Crippen molar-refractivity contribution in [3.05, 3.63) is 25.3 Å². The maximum absolute atomic E-state index is 3.69. The summed E-state index contributed by atoms with van der Waals surface area (Å²) >= 11 is 0. The Morgan fingerprint density at radius 1 is 1.23 bits per heavy atom. The average Bonchev–Trinajstić information content (AvgIpc) is 2.17. The Balaban J connectivity index is 3.35. The smallest absolute Gasteiger partial charge is 0.0134 e. The van der Waals surface area contributed by atoms with Crippen LogP contribution >= 0.6 is 0 Å². The Labute approximate surface area is 82.1 Å². The molecule has 0 rings (SSSR count). The van der Waals surface area contributed by atoms with E-state index in [1.54, 1.807) is 0 Å². The number of nitrogens with one attached hydrogen (secondary N) is 2. The standard InChI is InChI=1S/C11H22N2/c1-4-8-12-10-7-11(6-3)13-9-5-2/h4-5,11-13H,1-2,6-10H2,3H3. The van der Waals surface area contributed by atoms with E-state index < -0.39 is 0 Å². The average molecular weight is 182 g/mol. The van der Waals surface area contributed by atoms with Crippen molar-refractivity contribution in [3.63, 3.8) is 0 Å².